The molecule has 0 radical (unpaired) electrons. The topological polar surface area (TPSA) is 0 Å². The maximum atomic E-state index is 4.15. The fourth-order valence-electron chi connectivity index (χ4n) is 2.50. The van der Waals surface area contributed by atoms with E-state index in [-0.39, 0.29) is 0 Å². The van der Waals surface area contributed by atoms with Gasteiger partial charge in [0.25, 0.3) is 0 Å². The molecular formula is C19H17BrP+. The molecule has 3 aromatic rings. The highest BCUT2D eigenvalue weighted by Gasteiger charge is 2.40. The monoisotopic (exact) mass is 355 g/mol. The summed E-state index contributed by atoms with van der Waals surface area (Å²) in [5, 5.41) is 2.78. The van der Waals surface area contributed by atoms with E-state index in [0.717, 1.165) is 6.16 Å². The molecule has 0 amide bonds. The molecule has 0 atom stereocenters. The van der Waals surface area contributed by atoms with Gasteiger partial charge in [0, 0.05) is 0 Å². The average molecular weight is 356 g/mol. The summed E-state index contributed by atoms with van der Waals surface area (Å²) in [5.41, 5.74) is 1.37. The lowest BCUT2D eigenvalue weighted by Gasteiger charge is -2.20. The minimum absolute atomic E-state index is 1.03. The van der Waals surface area contributed by atoms with Crippen molar-refractivity contribution in [2.24, 2.45) is 0 Å². The maximum Gasteiger partial charge on any atom is 0.153 e. The zero-order chi connectivity index (χ0) is 14.5. The van der Waals surface area contributed by atoms with Gasteiger partial charge in [0.1, 0.15) is 16.8 Å². The van der Waals surface area contributed by atoms with Crippen molar-refractivity contribution in [1.82, 2.24) is 0 Å². The zero-order valence-corrected chi connectivity index (χ0v) is 14.2. The van der Waals surface area contributed by atoms with E-state index in [1.807, 2.05) is 0 Å². The van der Waals surface area contributed by atoms with E-state index in [0.29, 0.717) is 0 Å². The number of halogens is 1. The minimum Gasteiger partial charge on any atom is -0.0622 e. The maximum absolute atomic E-state index is 4.15. The van der Waals surface area contributed by atoms with Gasteiger partial charge < -0.3 is 0 Å². The molecule has 0 nitrogen and oxygen atoms in total. The lowest BCUT2D eigenvalue weighted by molar-refractivity contribution is 1.40. The van der Waals surface area contributed by atoms with Crippen LogP contribution in [-0.2, 0) is 6.16 Å². The van der Waals surface area contributed by atoms with Gasteiger partial charge in [-0.1, -0.05) is 66.7 Å². The molecule has 3 rings (SSSR count). The van der Waals surface area contributed by atoms with Gasteiger partial charge in [-0.2, -0.15) is 0 Å². The average Bonchev–Trinajstić information content (AvgIpc) is 2.57. The quantitative estimate of drug-likeness (QED) is 0.566. The van der Waals surface area contributed by atoms with Gasteiger partial charge in [0.05, 0.1) is 0 Å². The second-order valence-corrected chi connectivity index (χ2v) is 11.4. The summed E-state index contributed by atoms with van der Waals surface area (Å²) >= 11 is 4.15. The second-order valence-electron chi connectivity index (χ2n) is 5.03. The molecule has 0 fully saturated rings. The normalized spacial score (nSPS) is 11.3. The number of rotatable bonds is 4. The Bertz CT molecular complexity index is 641. The Labute approximate surface area is 134 Å². The van der Waals surface area contributed by atoms with Gasteiger partial charge >= 0.3 is 0 Å². The molecule has 0 spiro atoms. The standard InChI is InChI=1S/C19H17BrP/c20-21(18-12-6-2-7-13-18,19-14-8-3-9-15-19)16-17-10-4-1-5-11-17/h1-15H,16H2/q+1. The fraction of sp³-hybridized carbons (Fsp3) is 0.0526. The highest BCUT2D eigenvalue weighted by atomic mass is 79.9. The van der Waals surface area contributed by atoms with E-state index in [4.69, 9.17) is 0 Å². The van der Waals surface area contributed by atoms with Gasteiger partial charge in [-0.05, 0) is 29.8 Å². The first-order valence-corrected chi connectivity index (χ1v) is 11.0. The predicted molar refractivity (Wildman–Crippen MR) is 98.1 cm³/mol. The Morgan fingerprint density at radius 3 is 1.38 bits per heavy atom. The van der Waals surface area contributed by atoms with Crippen molar-refractivity contribution >= 4 is 32.1 Å². The lowest BCUT2D eigenvalue weighted by atomic mass is 10.2. The van der Waals surface area contributed by atoms with Crippen LogP contribution in [0.3, 0.4) is 0 Å². The molecule has 3 aromatic carbocycles. The first-order chi connectivity index (χ1) is 10.3. The Morgan fingerprint density at radius 1 is 0.571 bits per heavy atom. The summed E-state index contributed by atoms with van der Waals surface area (Å²) in [6.07, 6.45) is 1.03. The molecule has 0 N–H and O–H groups in total. The summed E-state index contributed by atoms with van der Waals surface area (Å²) in [6.45, 7) is 0. The van der Waals surface area contributed by atoms with Crippen molar-refractivity contribution in [3.8, 4) is 0 Å². The van der Waals surface area contributed by atoms with Crippen molar-refractivity contribution in [2.75, 3.05) is 0 Å². The van der Waals surface area contributed by atoms with Crippen molar-refractivity contribution in [3.63, 3.8) is 0 Å². The molecule has 0 aliphatic heterocycles. The van der Waals surface area contributed by atoms with Crippen molar-refractivity contribution < 1.29 is 0 Å². The van der Waals surface area contributed by atoms with Crippen LogP contribution in [0.5, 0.6) is 0 Å². The van der Waals surface area contributed by atoms with Crippen LogP contribution in [0.4, 0.5) is 0 Å². The van der Waals surface area contributed by atoms with Crippen molar-refractivity contribution in [2.45, 2.75) is 6.16 Å². The van der Waals surface area contributed by atoms with E-state index in [1.54, 1.807) is 0 Å². The van der Waals surface area contributed by atoms with E-state index < -0.39 is 5.96 Å². The van der Waals surface area contributed by atoms with Crippen LogP contribution >= 0.6 is 21.5 Å². The molecule has 0 saturated heterocycles. The third-order valence-electron chi connectivity index (χ3n) is 3.57. The zero-order valence-electron chi connectivity index (χ0n) is 11.7. The van der Waals surface area contributed by atoms with Crippen LogP contribution in [0.2, 0.25) is 0 Å². The number of hydrogen-bond acceptors (Lipinski definition) is 0. The highest BCUT2D eigenvalue weighted by molar-refractivity contribution is 9.43. The smallest absolute Gasteiger partial charge is 0.0622 e. The molecule has 0 heterocycles. The van der Waals surface area contributed by atoms with E-state index >= 15 is 0 Å². The summed E-state index contributed by atoms with van der Waals surface area (Å²) in [5.74, 6) is -1.58. The predicted octanol–water partition coefficient (Wildman–Crippen LogP) is 5.17. The van der Waals surface area contributed by atoms with Crippen LogP contribution in [0.15, 0.2) is 91.0 Å². The third kappa shape index (κ3) is 3.26. The molecule has 0 saturated carbocycles. The third-order valence-corrected chi connectivity index (χ3v) is 9.82. The van der Waals surface area contributed by atoms with Gasteiger partial charge in [0.15, 0.2) is 21.5 Å². The molecule has 2 heteroatoms. The van der Waals surface area contributed by atoms with E-state index in [2.05, 4.69) is 106 Å². The van der Waals surface area contributed by atoms with Crippen LogP contribution in [0.25, 0.3) is 0 Å². The number of hydrogen-bond donors (Lipinski definition) is 0. The minimum atomic E-state index is -1.58. The van der Waals surface area contributed by atoms with Crippen molar-refractivity contribution in [1.29, 1.82) is 0 Å². The Balaban J connectivity index is 2.07. The van der Waals surface area contributed by atoms with Gasteiger partial charge in [-0.15, -0.1) is 0 Å². The SMILES string of the molecule is Br[P+](Cc1ccccc1)(c1ccccc1)c1ccccc1. The Morgan fingerprint density at radius 2 is 0.952 bits per heavy atom. The summed E-state index contributed by atoms with van der Waals surface area (Å²) in [6, 6.07) is 32.3. The first-order valence-electron chi connectivity index (χ1n) is 7.02. The molecule has 0 unspecified atom stereocenters. The Kier molecular flexibility index (Phi) is 4.53. The molecule has 21 heavy (non-hydrogen) atoms. The summed E-state index contributed by atoms with van der Waals surface area (Å²) in [4.78, 5) is 0. The first kappa shape index (κ1) is 14.5. The van der Waals surface area contributed by atoms with E-state index in [9.17, 15) is 0 Å². The second kappa shape index (κ2) is 6.56. The highest BCUT2D eigenvalue weighted by Crippen LogP contribution is 2.66. The number of benzene rings is 3. The van der Waals surface area contributed by atoms with Gasteiger partial charge in [-0.3, -0.25) is 0 Å². The molecular weight excluding hydrogens is 339 g/mol. The molecule has 0 aliphatic carbocycles. The van der Waals surface area contributed by atoms with Crippen LogP contribution in [0.1, 0.15) is 5.56 Å². The van der Waals surface area contributed by atoms with Crippen LogP contribution < -0.4 is 10.6 Å². The van der Waals surface area contributed by atoms with Gasteiger partial charge in [-0.25, -0.2) is 0 Å². The molecule has 104 valence electrons. The van der Waals surface area contributed by atoms with Crippen molar-refractivity contribution in [3.05, 3.63) is 96.6 Å². The van der Waals surface area contributed by atoms with Crippen LogP contribution in [0, 0.1) is 0 Å². The lowest BCUT2D eigenvalue weighted by Crippen LogP contribution is -2.19. The largest absolute Gasteiger partial charge is 0.153 e. The fourth-order valence-corrected chi connectivity index (χ4v) is 7.45. The van der Waals surface area contributed by atoms with E-state index in [1.165, 1.54) is 16.2 Å². The molecule has 0 aliphatic rings. The van der Waals surface area contributed by atoms with Crippen LogP contribution in [-0.4, -0.2) is 0 Å². The molecule has 0 aromatic heterocycles. The molecule has 0 bridgehead atoms. The summed E-state index contributed by atoms with van der Waals surface area (Å²) in [7, 11) is 0. The Hall–Kier alpha value is -1.43. The van der Waals surface area contributed by atoms with Gasteiger partial charge in [0.2, 0.25) is 0 Å². The summed E-state index contributed by atoms with van der Waals surface area (Å²) < 4.78 is 0.